The van der Waals surface area contributed by atoms with Crippen molar-refractivity contribution in [1.29, 1.82) is 0 Å². The molecule has 0 heterocycles. The van der Waals surface area contributed by atoms with E-state index in [1.807, 2.05) is 0 Å². The van der Waals surface area contributed by atoms with Crippen LogP contribution in [0.15, 0.2) is 18.2 Å². The molecule has 3 nitrogen and oxygen atoms in total. The minimum atomic E-state index is -2.70. The van der Waals surface area contributed by atoms with E-state index in [9.17, 15) is 13.6 Å². The summed E-state index contributed by atoms with van der Waals surface area (Å²) in [4.78, 5) is 11.6. The van der Waals surface area contributed by atoms with Crippen molar-refractivity contribution in [3.8, 4) is 5.75 Å². The van der Waals surface area contributed by atoms with Gasteiger partial charge in [0.2, 0.25) is 0 Å². The molecule has 0 saturated heterocycles. The smallest absolute Gasteiger partial charge is 0.264 e. The minimum Gasteiger partial charge on any atom is -0.497 e. The Labute approximate surface area is 92.2 Å². The predicted octanol–water partition coefficient (Wildman–Crippen LogP) is 2.16. The van der Waals surface area contributed by atoms with Gasteiger partial charge in [-0.05, 0) is 25.1 Å². The fourth-order valence-electron chi connectivity index (χ4n) is 1.31. The zero-order valence-corrected chi connectivity index (χ0v) is 9.04. The zero-order chi connectivity index (χ0) is 12.3. The number of Topliss-reactive ketones (excluding diaryl/α,β-unsaturated/α-hetero) is 1. The van der Waals surface area contributed by atoms with Crippen molar-refractivity contribution in [2.75, 3.05) is 7.11 Å². The van der Waals surface area contributed by atoms with E-state index in [1.165, 1.54) is 32.2 Å². The summed E-state index contributed by atoms with van der Waals surface area (Å²) in [7, 11) is 1.40. The second kappa shape index (κ2) is 5.03. The first-order chi connectivity index (χ1) is 7.47. The monoisotopic (exact) mass is 229 g/mol. The third kappa shape index (κ3) is 2.55. The molecular formula is C11H13F2NO2. The van der Waals surface area contributed by atoms with Crippen LogP contribution in [0.3, 0.4) is 0 Å². The lowest BCUT2D eigenvalue weighted by atomic mass is 10.00. The number of carbonyl (C=O) groups excluding carboxylic acids is 1. The molecule has 0 aromatic heterocycles. The van der Waals surface area contributed by atoms with Crippen LogP contribution in [0.25, 0.3) is 0 Å². The molecule has 2 N–H and O–H groups in total. The van der Waals surface area contributed by atoms with E-state index < -0.39 is 18.3 Å². The first-order valence-electron chi connectivity index (χ1n) is 4.73. The standard InChI is InChI=1S/C11H13F2NO2/c1-6(14)10(15)9-5-7(16-2)3-4-8(9)11(12)13/h3-6,11H,14H2,1-2H3. The summed E-state index contributed by atoms with van der Waals surface area (Å²) in [5, 5.41) is 0. The van der Waals surface area contributed by atoms with Gasteiger partial charge in [-0.3, -0.25) is 4.79 Å². The first kappa shape index (κ1) is 12.6. The summed E-state index contributed by atoms with van der Waals surface area (Å²) < 4.78 is 30.2. The molecule has 0 fully saturated rings. The van der Waals surface area contributed by atoms with Crippen LogP contribution in [0.5, 0.6) is 5.75 Å². The molecule has 0 aliphatic rings. The molecular weight excluding hydrogens is 216 g/mol. The fraction of sp³-hybridized carbons (Fsp3) is 0.364. The van der Waals surface area contributed by atoms with E-state index in [0.717, 1.165) is 0 Å². The summed E-state index contributed by atoms with van der Waals surface area (Å²) in [6, 6.07) is 3.04. The molecule has 0 bridgehead atoms. The number of halogens is 2. The van der Waals surface area contributed by atoms with Crippen LogP contribution in [-0.4, -0.2) is 18.9 Å². The van der Waals surface area contributed by atoms with Crippen LogP contribution >= 0.6 is 0 Å². The highest BCUT2D eigenvalue weighted by atomic mass is 19.3. The second-order valence-electron chi connectivity index (χ2n) is 3.41. The number of ketones is 1. The Kier molecular flexibility index (Phi) is 3.95. The second-order valence-corrected chi connectivity index (χ2v) is 3.41. The van der Waals surface area contributed by atoms with E-state index in [1.54, 1.807) is 0 Å². The molecule has 16 heavy (non-hydrogen) atoms. The Balaban J connectivity index is 3.25. The fourth-order valence-corrected chi connectivity index (χ4v) is 1.31. The van der Waals surface area contributed by atoms with Gasteiger partial charge in [-0.1, -0.05) is 0 Å². The highest BCUT2D eigenvalue weighted by Crippen LogP contribution is 2.27. The average molecular weight is 229 g/mol. The number of rotatable bonds is 4. The third-order valence-corrected chi connectivity index (χ3v) is 2.17. The first-order valence-corrected chi connectivity index (χ1v) is 4.73. The number of alkyl halides is 2. The third-order valence-electron chi connectivity index (χ3n) is 2.17. The molecule has 5 heteroatoms. The van der Waals surface area contributed by atoms with Crippen LogP contribution in [0.2, 0.25) is 0 Å². The number of methoxy groups -OCH3 is 1. The van der Waals surface area contributed by atoms with Crippen LogP contribution in [0.4, 0.5) is 8.78 Å². The zero-order valence-electron chi connectivity index (χ0n) is 9.04. The van der Waals surface area contributed by atoms with E-state index in [0.29, 0.717) is 5.75 Å². The summed E-state index contributed by atoms with van der Waals surface area (Å²) in [6.45, 7) is 1.46. The number of benzene rings is 1. The Morgan fingerprint density at radius 2 is 2.06 bits per heavy atom. The number of carbonyl (C=O) groups is 1. The molecule has 88 valence electrons. The van der Waals surface area contributed by atoms with E-state index in [-0.39, 0.29) is 11.1 Å². The highest BCUT2D eigenvalue weighted by molar-refractivity contribution is 6.01. The normalized spacial score (nSPS) is 12.6. The van der Waals surface area contributed by atoms with Gasteiger partial charge in [0, 0.05) is 11.1 Å². The van der Waals surface area contributed by atoms with Gasteiger partial charge < -0.3 is 10.5 Å². The number of hydrogen-bond acceptors (Lipinski definition) is 3. The largest absolute Gasteiger partial charge is 0.497 e. The molecule has 1 rings (SSSR count). The summed E-state index contributed by atoms with van der Waals surface area (Å²) in [6.07, 6.45) is -2.70. The maximum Gasteiger partial charge on any atom is 0.264 e. The molecule has 0 saturated carbocycles. The molecule has 1 aromatic rings. The van der Waals surface area contributed by atoms with Crippen LogP contribution in [-0.2, 0) is 0 Å². The quantitative estimate of drug-likeness (QED) is 0.805. The maximum atomic E-state index is 12.7. The van der Waals surface area contributed by atoms with Crippen molar-refractivity contribution in [3.63, 3.8) is 0 Å². The van der Waals surface area contributed by atoms with Gasteiger partial charge in [0.15, 0.2) is 5.78 Å². The van der Waals surface area contributed by atoms with Crippen molar-refractivity contribution in [1.82, 2.24) is 0 Å². The topological polar surface area (TPSA) is 52.3 Å². The minimum absolute atomic E-state index is 0.0793. The van der Waals surface area contributed by atoms with Gasteiger partial charge in [-0.15, -0.1) is 0 Å². The maximum absolute atomic E-state index is 12.7. The number of ether oxygens (including phenoxy) is 1. The van der Waals surface area contributed by atoms with Gasteiger partial charge in [0.25, 0.3) is 6.43 Å². The summed E-state index contributed by atoms with van der Waals surface area (Å²) in [5.74, 6) is -0.164. The number of nitrogens with two attached hydrogens (primary N) is 1. The van der Waals surface area contributed by atoms with Crippen molar-refractivity contribution < 1.29 is 18.3 Å². The summed E-state index contributed by atoms with van der Waals surface area (Å²) in [5.41, 5.74) is 5.00. The lowest BCUT2D eigenvalue weighted by molar-refractivity contribution is 0.0954. The van der Waals surface area contributed by atoms with Gasteiger partial charge >= 0.3 is 0 Å². The molecule has 0 aliphatic carbocycles. The van der Waals surface area contributed by atoms with Crippen molar-refractivity contribution in [3.05, 3.63) is 29.3 Å². The van der Waals surface area contributed by atoms with E-state index in [2.05, 4.69) is 0 Å². The van der Waals surface area contributed by atoms with Crippen molar-refractivity contribution >= 4 is 5.78 Å². The van der Waals surface area contributed by atoms with Crippen molar-refractivity contribution in [2.45, 2.75) is 19.4 Å². The Morgan fingerprint density at radius 3 is 2.50 bits per heavy atom. The van der Waals surface area contributed by atoms with Gasteiger partial charge in [0.05, 0.1) is 13.2 Å². The van der Waals surface area contributed by atoms with Crippen molar-refractivity contribution in [2.24, 2.45) is 5.73 Å². The SMILES string of the molecule is COc1ccc(C(F)F)c(C(=O)C(C)N)c1. The molecule has 0 aliphatic heterocycles. The van der Waals surface area contributed by atoms with Crippen LogP contribution < -0.4 is 10.5 Å². The molecule has 0 spiro atoms. The molecule has 1 atom stereocenters. The summed E-state index contributed by atoms with van der Waals surface area (Å²) >= 11 is 0. The van der Waals surface area contributed by atoms with E-state index in [4.69, 9.17) is 10.5 Å². The number of hydrogen-bond donors (Lipinski definition) is 1. The van der Waals surface area contributed by atoms with E-state index >= 15 is 0 Å². The molecule has 0 radical (unpaired) electrons. The van der Waals surface area contributed by atoms with Gasteiger partial charge in [-0.2, -0.15) is 0 Å². The highest BCUT2D eigenvalue weighted by Gasteiger charge is 2.21. The molecule has 1 aromatic carbocycles. The average Bonchev–Trinajstić information content (AvgIpc) is 2.26. The Bertz CT molecular complexity index is 392. The van der Waals surface area contributed by atoms with Crippen LogP contribution in [0.1, 0.15) is 29.3 Å². The predicted molar refractivity (Wildman–Crippen MR) is 55.9 cm³/mol. The Hall–Kier alpha value is -1.49. The van der Waals surface area contributed by atoms with Gasteiger partial charge in [0.1, 0.15) is 5.75 Å². The molecule has 1 unspecified atom stereocenters. The molecule has 0 amide bonds. The lowest BCUT2D eigenvalue weighted by Gasteiger charge is -2.11. The van der Waals surface area contributed by atoms with Gasteiger partial charge in [-0.25, -0.2) is 8.78 Å². The lowest BCUT2D eigenvalue weighted by Crippen LogP contribution is -2.27. The Morgan fingerprint density at radius 1 is 1.44 bits per heavy atom. The van der Waals surface area contributed by atoms with Crippen LogP contribution in [0, 0.1) is 0 Å².